The Hall–Kier alpha value is -2.88. The zero-order valence-corrected chi connectivity index (χ0v) is 14.3. The summed E-state index contributed by atoms with van der Waals surface area (Å²) in [4.78, 5) is 14.4. The number of aromatic nitrogens is 2. The maximum absolute atomic E-state index is 14.2. The van der Waals surface area contributed by atoms with Crippen molar-refractivity contribution in [3.05, 3.63) is 41.3 Å². The van der Waals surface area contributed by atoms with E-state index in [0.29, 0.717) is 48.9 Å². The van der Waals surface area contributed by atoms with Crippen molar-refractivity contribution in [3.8, 4) is 6.07 Å². The lowest BCUT2D eigenvalue weighted by Crippen LogP contribution is -2.38. The van der Waals surface area contributed by atoms with Crippen LogP contribution in [0.4, 0.5) is 15.9 Å². The molecule has 26 heavy (non-hydrogen) atoms. The van der Waals surface area contributed by atoms with Crippen LogP contribution < -0.4 is 10.2 Å². The van der Waals surface area contributed by atoms with Crippen molar-refractivity contribution in [2.24, 2.45) is 5.92 Å². The number of rotatable bonds is 4. The second-order valence-corrected chi connectivity index (χ2v) is 7.01. The molecule has 0 bridgehead atoms. The topological polar surface area (TPSA) is 84.8 Å². The number of anilines is 2. The Kier molecular flexibility index (Phi) is 4.33. The fraction of sp³-hybridized carbons (Fsp3) is 0.421. The average Bonchev–Trinajstić information content (AvgIpc) is 3.41. The first-order chi connectivity index (χ1) is 12.6. The first-order valence-electron chi connectivity index (χ1n) is 8.95. The van der Waals surface area contributed by atoms with Gasteiger partial charge in [0, 0.05) is 36.7 Å². The number of amides is 1. The summed E-state index contributed by atoms with van der Waals surface area (Å²) in [5.74, 6) is 0.625. The van der Waals surface area contributed by atoms with E-state index in [1.165, 1.54) is 18.9 Å². The van der Waals surface area contributed by atoms with Crippen molar-refractivity contribution in [3.63, 3.8) is 0 Å². The van der Waals surface area contributed by atoms with Gasteiger partial charge in [-0.1, -0.05) is 0 Å². The summed E-state index contributed by atoms with van der Waals surface area (Å²) in [5, 5.41) is 18.9. The normalized spacial score (nSPS) is 17.8. The minimum Gasteiger partial charge on any atom is -0.369 e. The van der Waals surface area contributed by atoms with Crippen LogP contribution in [0.25, 0.3) is 0 Å². The van der Waals surface area contributed by atoms with Gasteiger partial charge in [0.05, 0.1) is 17.3 Å². The van der Waals surface area contributed by atoms with Gasteiger partial charge in [-0.2, -0.15) is 10.4 Å². The summed E-state index contributed by atoms with van der Waals surface area (Å²) >= 11 is 0. The number of piperidine rings is 1. The molecular formula is C19H20FN5O. The van der Waals surface area contributed by atoms with Gasteiger partial charge in [0.1, 0.15) is 5.82 Å². The van der Waals surface area contributed by atoms with Crippen LogP contribution in [0, 0.1) is 23.1 Å². The second kappa shape index (κ2) is 6.79. The van der Waals surface area contributed by atoms with Crippen molar-refractivity contribution < 1.29 is 9.18 Å². The molecule has 1 saturated carbocycles. The van der Waals surface area contributed by atoms with E-state index in [4.69, 9.17) is 5.26 Å². The number of carbonyl (C=O) groups is 1. The largest absolute Gasteiger partial charge is 0.369 e. The second-order valence-electron chi connectivity index (χ2n) is 7.01. The first-order valence-corrected chi connectivity index (χ1v) is 8.95. The third kappa shape index (κ3) is 3.40. The molecule has 0 radical (unpaired) electrons. The zero-order chi connectivity index (χ0) is 18.1. The van der Waals surface area contributed by atoms with Crippen molar-refractivity contribution in [2.45, 2.75) is 31.6 Å². The quantitative estimate of drug-likeness (QED) is 0.884. The molecule has 0 unspecified atom stereocenters. The van der Waals surface area contributed by atoms with Gasteiger partial charge in [-0.05, 0) is 43.9 Å². The molecule has 0 atom stereocenters. The third-order valence-corrected chi connectivity index (χ3v) is 5.15. The molecule has 4 rings (SSSR count). The van der Waals surface area contributed by atoms with Crippen LogP contribution in [0.5, 0.6) is 0 Å². The average molecular weight is 353 g/mol. The number of aromatic amines is 1. The van der Waals surface area contributed by atoms with Gasteiger partial charge >= 0.3 is 0 Å². The highest BCUT2D eigenvalue weighted by Gasteiger charge is 2.28. The standard InChI is InChI=1S/C19H20FN5O/c20-15-9-12(11-21)1-4-17(15)25-7-5-14(6-8-25)19(26)22-18-10-16(23-24-18)13-2-3-13/h1,4,9-10,13-14H,2-3,5-8H2,(H2,22,23,24,26). The predicted molar refractivity (Wildman–Crippen MR) is 95.2 cm³/mol. The molecule has 1 aromatic carbocycles. The number of nitrogens with one attached hydrogen (secondary N) is 2. The lowest BCUT2D eigenvalue weighted by atomic mass is 9.95. The monoisotopic (exact) mass is 353 g/mol. The van der Waals surface area contributed by atoms with Crippen molar-refractivity contribution in [2.75, 3.05) is 23.3 Å². The molecule has 7 heteroatoms. The number of H-pyrrole nitrogens is 1. The highest BCUT2D eigenvalue weighted by Crippen LogP contribution is 2.39. The number of nitrogens with zero attached hydrogens (tertiary/aromatic N) is 3. The van der Waals surface area contributed by atoms with E-state index in [0.717, 1.165) is 5.69 Å². The number of nitriles is 1. The van der Waals surface area contributed by atoms with Gasteiger partial charge in [-0.3, -0.25) is 9.89 Å². The van der Waals surface area contributed by atoms with Gasteiger partial charge in [-0.25, -0.2) is 4.39 Å². The summed E-state index contributed by atoms with van der Waals surface area (Å²) in [6.45, 7) is 1.21. The Bertz CT molecular complexity index is 859. The number of hydrogen-bond donors (Lipinski definition) is 2. The molecule has 134 valence electrons. The van der Waals surface area contributed by atoms with Gasteiger partial charge in [-0.15, -0.1) is 0 Å². The summed E-state index contributed by atoms with van der Waals surface area (Å²) in [7, 11) is 0. The Morgan fingerprint density at radius 3 is 2.69 bits per heavy atom. The molecule has 2 heterocycles. The highest BCUT2D eigenvalue weighted by molar-refractivity contribution is 5.91. The number of carbonyl (C=O) groups excluding carboxylic acids is 1. The molecule has 1 saturated heterocycles. The minimum absolute atomic E-state index is 0.0289. The van der Waals surface area contributed by atoms with Crippen LogP contribution in [-0.4, -0.2) is 29.2 Å². The Morgan fingerprint density at radius 2 is 2.04 bits per heavy atom. The molecule has 2 aliphatic rings. The number of hydrogen-bond acceptors (Lipinski definition) is 4. The summed E-state index contributed by atoms with van der Waals surface area (Å²) in [6.07, 6.45) is 3.68. The fourth-order valence-electron chi connectivity index (χ4n) is 3.45. The van der Waals surface area contributed by atoms with Gasteiger partial charge < -0.3 is 10.2 Å². The van der Waals surface area contributed by atoms with Crippen molar-refractivity contribution >= 4 is 17.4 Å². The maximum Gasteiger partial charge on any atom is 0.228 e. The SMILES string of the molecule is N#Cc1ccc(N2CCC(C(=O)Nc3cc(C4CC4)[nH]n3)CC2)c(F)c1. The van der Waals surface area contributed by atoms with E-state index in [2.05, 4.69) is 15.5 Å². The van der Waals surface area contributed by atoms with Gasteiger partial charge in [0.2, 0.25) is 5.91 Å². The lowest BCUT2D eigenvalue weighted by molar-refractivity contribution is -0.120. The van der Waals surface area contributed by atoms with Crippen LogP contribution in [0.3, 0.4) is 0 Å². The molecule has 1 aromatic heterocycles. The Balaban J connectivity index is 1.34. The minimum atomic E-state index is -0.393. The molecule has 2 N–H and O–H groups in total. The van der Waals surface area contributed by atoms with Crippen LogP contribution in [-0.2, 0) is 4.79 Å². The van der Waals surface area contributed by atoms with Crippen molar-refractivity contribution in [1.82, 2.24) is 10.2 Å². The van der Waals surface area contributed by atoms with Crippen LogP contribution in [0.15, 0.2) is 24.3 Å². The Labute approximate surface area is 151 Å². The van der Waals surface area contributed by atoms with Gasteiger partial charge in [0.25, 0.3) is 0 Å². The molecule has 0 spiro atoms. The third-order valence-electron chi connectivity index (χ3n) is 5.15. The van der Waals surface area contributed by atoms with E-state index in [1.807, 2.05) is 17.0 Å². The van der Waals surface area contributed by atoms with Crippen LogP contribution >= 0.6 is 0 Å². The number of benzene rings is 1. The maximum atomic E-state index is 14.2. The fourth-order valence-corrected chi connectivity index (χ4v) is 3.45. The molecule has 1 aliphatic carbocycles. The number of halogens is 1. The van der Waals surface area contributed by atoms with Crippen LogP contribution in [0.1, 0.15) is 42.9 Å². The van der Waals surface area contributed by atoms with E-state index in [1.54, 1.807) is 12.1 Å². The van der Waals surface area contributed by atoms with E-state index >= 15 is 0 Å². The van der Waals surface area contributed by atoms with Gasteiger partial charge in [0.15, 0.2) is 5.82 Å². The molecule has 2 aromatic rings. The first kappa shape index (κ1) is 16.6. The molecule has 1 aliphatic heterocycles. The predicted octanol–water partition coefficient (Wildman–Crippen LogP) is 3.15. The van der Waals surface area contributed by atoms with E-state index in [-0.39, 0.29) is 11.8 Å². The van der Waals surface area contributed by atoms with E-state index in [9.17, 15) is 9.18 Å². The smallest absolute Gasteiger partial charge is 0.228 e. The zero-order valence-electron chi connectivity index (χ0n) is 14.3. The molecule has 1 amide bonds. The summed E-state index contributed by atoms with van der Waals surface area (Å²) in [5.41, 5.74) is 1.89. The molecule has 2 fully saturated rings. The Morgan fingerprint density at radius 1 is 1.27 bits per heavy atom. The highest BCUT2D eigenvalue weighted by atomic mass is 19.1. The summed E-state index contributed by atoms with van der Waals surface area (Å²) in [6, 6.07) is 8.36. The van der Waals surface area contributed by atoms with E-state index < -0.39 is 5.82 Å². The molecular weight excluding hydrogens is 333 g/mol. The summed E-state index contributed by atoms with van der Waals surface area (Å²) < 4.78 is 14.2. The van der Waals surface area contributed by atoms with Crippen molar-refractivity contribution in [1.29, 1.82) is 5.26 Å². The lowest BCUT2D eigenvalue weighted by Gasteiger charge is -2.33. The van der Waals surface area contributed by atoms with Crippen LogP contribution in [0.2, 0.25) is 0 Å². The molecule has 6 nitrogen and oxygen atoms in total.